The van der Waals surface area contributed by atoms with Crippen LogP contribution in [0.3, 0.4) is 0 Å². The lowest BCUT2D eigenvalue weighted by molar-refractivity contribution is -0.340. The van der Waals surface area contributed by atoms with E-state index in [1.165, 1.54) is 0 Å². The molecule has 0 aromatic heterocycles. The van der Waals surface area contributed by atoms with E-state index >= 15 is 0 Å². The first-order valence-electron chi connectivity index (χ1n) is 12.1. The second-order valence-electron chi connectivity index (χ2n) is 9.50. The molecular weight excluding hydrogens is 506 g/mol. The number of rotatable bonds is 10. The summed E-state index contributed by atoms with van der Waals surface area (Å²) < 4.78 is 27.5. The molecule has 2 heterocycles. The van der Waals surface area contributed by atoms with Gasteiger partial charge in [-0.25, -0.2) is 0 Å². The molecule has 0 aromatic rings. The molecule has 0 spiro atoms. The van der Waals surface area contributed by atoms with Crippen LogP contribution in [0.4, 0.5) is 0 Å². The molecule has 1 saturated carbocycles. The first-order valence-corrected chi connectivity index (χ1v) is 12.1. The molecule has 16 nitrogen and oxygen atoms in total. The molecule has 0 amide bonds. The van der Waals surface area contributed by atoms with Crippen LogP contribution in [0.5, 0.6) is 0 Å². The molecule has 16 heteroatoms. The Morgan fingerprint density at radius 2 is 1.27 bits per heavy atom. The maximum Gasteiger partial charge on any atom is 0.186 e. The van der Waals surface area contributed by atoms with Crippen LogP contribution >= 0.6 is 0 Å². The van der Waals surface area contributed by atoms with Gasteiger partial charge in [-0.1, -0.05) is 0 Å². The second kappa shape index (κ2) is 13.6. The van der Waals surface area contributed by atoms with Gasteiger partial charge in [0.1, 0.15) is 61.0 Å². The zero-order chi connectivity index (χ0) is 27.4. The van der Waals surface area contributed by atoms with E-state index in [-0.39, 0.29) is 19.6 Å². The lowest BCUT2D eigenvalue weighted by Crippen LogP contribution is -2.64. The first kappa shape index (κ1) is 30.9. The molecule has 218 valence electrons. The van der Waals surface area contributed by atoms with E-state index in [0.717, 1.165) is 0 Å². The molecule has 37 heavy (non-hydrogen) atoms. The summed E-state index contributed by atoms with van der Waals surface area (Å²) in [6, 6.07) is 0. The molecule has 0 radical (unpaired) electrons. The molecule has 3 fully saturated rings. The maximum absolute atomic E-state index is 10.9. The van der Waals surface area contributed by atoms with Crippen LogP contribution in [0, 0.1) is 5.92 Å². The summed E-state index contributed by atoms with van der Waals surface area (Å²) in [5, 5.41) is 101. The topological polar surface area (TPSA) is 274 Å². The number of aliphatic hydroxyl groups excluding tert-OH is 10. The summed E-state index contributed by atoms with van der Waals surface area (Å²) in [4.78, 5) is 0. The highest BCUT2D eigenvalue weighted by atomic mass is 16.7. The quantitative estimate of drug-likeness (QED) is 0.122. The van der Waals surface area contributed by atoms with E-state index in [0.29, 0.717) is 0 Å². The average molecular weight is 546 g/mol. The minimum Gasteiger partial charge on any atom is -0.396 e. The van der Waals surface area contributed by atoms with Crippen molar-refractivity contribution in [2.24, 2.45) is 11.7 Å². The Morgan fingerprint density at radius 3 is 1.89 bits per heavy atom. The molecule has 15 atom stereocenters. The van der Waals surface area contributed by atoms with Crippen LogP contribution in [0.2, 0.25) is 0 Å². The Labute approximate surface area is 212 Å². The smallest absolute Gasteiger partial charge is 0.186 e. The van der Waals surface area contributed by atoms with Gasteiger partial charge in [0.25, 0.3) is 0 Å². The van der Waals surface area contributed by atoms with Crippen molar-refractivity contribution in [3.05, 3.63) is 0 Å². The second-order valence-corrected chi connectivity index (χ2v) is 9.50. The van der Waals surface area contributed by atoms with E-state index in [9.17, 15) is 51.1 Å². The van der Waals surface area contributed by atoms with Crippen molar-refractivity contribution < 1.29 is 74.7 Å². The molecule has 2 aliphatic heterocycles. The Bertz CT molecular complexity index is 688. The van der Waals surface area contributed by atoms with Crippen molar-refractivity contribution in [3.8, 4) is 0 Å². The SMILES string of the molecule is NCCO[C@H]1O[C@H](CO[C@H]2O[C@H](CO)[C@@H](O)[C@H](O)[C@@H]2O)[C@@H](O)[C@H](O[C@H]2C[C@H](CO)[C@@H](O)[C@H](O)[C@@H]2O)[C@@H]1O. The third-order valence-electron chi connectivity index (χ3n) is 6.98. The highest BCUT2D eigenvalue weighted by Crippen LogP contribution is 2.33. The van der Waals surface area contributed by atoms with Crippen molar-refractivity contribution in [3.63, 3.8) is 0 Å². The van der Waals surface area contributed by atoms with Crippen molar-refractivity contribution in [2.75, 3.05) is 33.0 Å². The normalized spacial score (nSPS) is 49.2. The third kappa shape index (κ3) is 6.75. The maximum atomic E-state index is 10.9. The Kier molecular flexibility index (Phi) is 11.4. The summed E-state index contributed by atoms with van der Waals surface area (Å²) in [6.07, 6.45) is -21.1. The van der Waals surface area contributed by atoms with E-state index in [1.54, 1.807) is 0 Å². The summed E-state index contributed by atoms with van der Waals surface area (Å²) in [6.45, 7) is -1.68. The molecule has 3 aliphatic rings. The minimum absolute atomic E-state index is 0.0472. The lowest BCUT2D eigenvalue weighted by Gasteiger charge is -2.46. The van der Waals surface area contributed by atoms with Crippen LogP contribution in [-0.4, -0.2) is 170 Å². The Balaban J connectivity index is 1.73. The van der Waals surface area contributed by atoms with Crippen molar-refractivity contribution in [2.45, 2.75) is 92.2 Å². The summed E-state index contributed by atoms with van der Waals surface area (Å²) in [5.74, 6) is -0.841. The third-order valence-corrected chi connectivity index (χ3v) is 6.98. The van der Waals surface area contributed by atoms with Crippen molar-refractivity contribution in [1.29, 1.82) is 0 Å². The van der Waals surface area contributed by atoms with Gasteiger partial charge in [0.15, 0.2) is 12.6 Å². The standard InChI is InChI=1S/C21H39NO15/c22-1-2-33-21-18(32)19(35-8-3-7(4-23)11(25)15(29)12(8)26)14(28)10(37-21)6-34-20-17(31)16(30)13(27)9(5-24)36-20/h7-21,23-32H,1-6,22H2/t7-,8+,9-,10-,11-,12-,13-,14-,15+,16+,17+,18+,19+,20+,21+/m1/s1. The van der Waals surface area contributed by atoms with Crippen molar-refractivity contribution in [1.82, 2.24) is 0 Å². The molecule has 3 rings (SSSR count). The molecular formula is C21H39NO15. The van der Waals surface area contributed by atoms with E-state index in [1.807, 2.05) is 0 Å². The molecule has 1 aliphatic carbocycles. The zero-order valence-corrected chi connectivity index (χ0v) is 20.0. The number of aliphatic hydroxyl groups is 10. The zero-order valence-electron chi connectivity index (χ0n) is 20.0. The van der Waals surface area contributed by atoms with Crippen LogP contribution in [0.25, 0.3) is 0 Å². The van der Waals surface area contributed by atoms with Gasteiger partial charge in [0, 0.05) is 19.1 Å². The van der Waals surface area contributed by atoms with E-state index < -0.39 is 112 Å². The van der Waals surface area contributed by atoms with E-state index in [2.05, 4.69) is 0 Å². The molecule has 0 bridgehead atoms. The Hall–Kier alpha value is -0.640. The van der Waals surface area contributed by atoms with Gasteiger partial charge < -0.3 is 80.5 Å². The fourth-order valence-electron chi connectivity index (χ4n) is 4.72. The van der Waals surface area contributed by atoms with Crippen LogP contribution in [0.15, 0.2) is 0 Å². The van der Waals surface area contributed by atoms with Gasteiger partial charge in [0.05, 0.1) is 32.0 Å². The largest absolute Gasteiger partial charge is 0.396 e. The molecule has 0 unspecified atom stereocenters. The van der Waals surface area contributed by atoms with Crippen molar-refractivity contribution >= 4 is 0 Å². The fourth-order valence-corrected chi connectivity index (χ4v) is 4.72. The Morgan fingerprint density at radius 1 is 0.649 bits per heavy atom. The number of hydrogen-bond donors (Lipinski definition) is 11. The van der Waals surface area contributed by atoms with Gasteiger partial charge in [0.2, 0.25) is 0 Å². The average Bonchev–Trinajstić information content (AvgIpc) is 2.89. The summed E-state index contributed by atoms with van der Waals surface area (Å²) >= 11 is 0. The van der Waals surface area contributed by atoms with E-state index in [4.69, 9.17) is 29.4 Å². The lowest BCUT2D eigenvalue weighted by atomic mass is 9.81. The molecule has 12 N–H and O–H groups in total. The first-order chi connectivity index (χ1) is 17.5. The van der Waals surface area contributed by atoms with Gasteiger partial charge in [-0.05, 0) is 6.42 Å². The van der Waals surface area contributed by atoms with Crippen LogP contribution in [-0.2, 0) is 23.7 Å². The molecule has 0 aromatic carbocycles. The number of hydrogen-bond acceptors (Lipinski definition) is 16. The van der Waals surface area contributed by atoms with Gasteiger partial charge in [-0.2, -0.15) is 0 Å². The fraction of sp³-hybridized carbons (Fsp3) is 1.00. The number of nitrogens with two attached hydrogens (primary N) is 1. The highest BCUT2D eigenvalue weighted by Gasteiger charge is 2.51. The van der Waals surface area contributed by atoms with Crippen LogP contribution in [0.1, 0.15) is 6.42 Å². The van der Waals surface area contributed by atoms with Gasteiger partial charge >= 0.3 is 0 Å². The predicted octanol–water partition coefficient (Wildman–Crippen LogP) is -6.93. The highest BCUT2D eigenvalue weighted by molar-refractivity contribution is 4.97. The van der Waals surface area contributed by atoms with Gasteiger partial charge in [-0.3, -0.25) is 0 Å². The monoisotopic (exact) mass is 545 g/mol. The van der Waals surface area contributed by atoms with Crippen LogP contribution < -0.4 is 5.73 Å². The number of ether oxygens (including phenoxy) is 5. The predicted molar refractivity (Wildman–Crippen MR) is 117 cm³/mol. The van der Waals surface area contributed by atoms with Gasteiger partial charge in [-0.15, -0.1) is 0 Å². The summed E-state index contributed by atoms with van der Waals surface area (Å²) in [5.41, 5.74) is 5.45. The molecule has 2 saturated heterocycles. The minimum atomic E-state index is -1.71. The summed E-state index contributed by atoms with van der Waals surface area (Å²) in [7, 11) is 0.